The van der Waals surface area contributed by atoms with Gasteiger partial charge in [0.05, 0.1) is 6.61 Å². The first kappa shape index (κ1) is 13.4. The number of ether oxygens (including phenoxy) is 1. The molecule has 0 amide bonds. The topological polar surface area (TPSA) is 21.3 Å². The van der Waals surface area contributed by atoms with Gasteiger partial charge in [-0.2, -0.15) is 0 Å². The molecule has 1 N–H and O–H groups in total. The summed E-state index contributed by atoms with van der Waals surface area (Å²) < 4.78 is 31.4. The zero-order chi connectivity index (χ0) is 13.0. The molecular weight excluding hydrogens is 236 g/mol. The quantitative estimate of drug-likeness (QED) is 0.756. The first-order valence-corrected chi connectivity index (χ1v) is 6.29. The molecule has 100 valence electrons. The highest BCUT2D eigenvalue weighted by molar-refractivity contribution is 5.22. The van der Waals surface area contributed by atoms with E-state index in [-0.39, 0.29) is 5.41 Å². The second-order valence-electron chi connectivity index (χ2n) is 5.08. The van der Waals surface area contributed by atoms with Gasteiger partial charge in [0.15, 0.2) is 0 Å². The fourth-order valence-electron chi connectivity index (χ4n) is 2.19. The van der Waals surface area contributed by atoms with E-state index in [1.807, 2.05) is 0 Å². The van der Waals surface area contributed by atoms with E-state index in [9.17, 15) is 8.78 Å². The van der Waals surface area contributed by atoms with Crippen LogP contribution in [-0.2, 0) is 11.2 Å². The Hall–Kier alpha value is -1.00. The summed E-state index contributed by atoms with van der Waals surface area (Å²) >= 11 is 0. The molecule has 0 bridgehead atoms. The van der Waals surface area contributed by atoms with E-state index in [2.05, 4.69) is 5.32 Å². The van der Waals surface area contributed by atoms with Gasteiger partial charge in [-0.25, -0.2) is 8.78 Å². The van der Waals surface area contributed by atoms with Crippen molar-refractivity contribution in [1.82, 2.24) is 5.32 Å². The van der Waals surface area contributed by atoms with Crippen molar-refractivity contribution in [2.24, 2.45) is 5.41 Å². The highest BCUT2D eigenvalue weighted by Crippen LogP contribution is 2.48. The lowest BCUT2D eigenvalue weighted by Gasteiger charge is -2.16. The van der Waals surface area contributed by atoms with Gasteiger partial charge in [0.1, 0.15) is 11.6 Å². The van der Waals surface area contributed by atoms with Crippen LogP contribution in [0.1, 0.15) is 18.4 Å². The summed E-state index contributed by atoms with van der Waals surface area (Å²) in [6.45, 7) is 2.36. The first-order valence-electron chi connectivity index (χ1n) is 6.29. The molecule has 1 aliphatic carbocycles. The third-order valence-electron chi connectivity index (χ3n) is 3.52. The number of nitrogens with one attached hydrogen (secondary N) is 1. The van der Waals surface area contributed by atoms with Crippen molar-refractivity contribution < 1.29 is 13.5 Å². The smallest absolute Gasteiger partial charge is 0.129 e. The van der Waals surface area contributed by atoms with Crippen LogP contribution in [0.2, 0.25) is 0 Å². The van der Waals surface area contributed by atoms with Crippen LogP contribution in [0, 0.1) is 17.0 Å². The molecule has 4 heteroatoms. The number of hydrogen-bond donors (Lipinski definition) is 1. The average molecular weight is 255 g/mol. The lowest BCUT2D eigenvalue weighted by molar-refractivity contribution is 0.197. The Morgan fingerprint density at radius 3 is 2.72 bits per heavy atom. The number of benzene rings is 1. The number of rotatable bonds is 7. The molecule has 1 aliphatic rings. The van der Waals surface area contributed by atoms with Crippen LogP contribution >= 0.6 is 0 Å². The molecule has 2 nitrogen and oxygen atoms in total. The standard InChI is InChI=1S/C14H19F2NO/c1-18-7-6-17-10-14(4-5-14)9-11-2-3-12(15)8-13(11)16/h2-3,8,17H,4-7,9-10H2,1H3. The number of methoxy groups -OCH3 is 1. The molecule has 1 aromatic carbocycles. The molecular formula is C14H19F2NO. The Kier molecular flexibility index (Phi) is 4.30. The maximum absolute atomic E-state index is 13.6. The summed E-state index contributed by atoms with van der Waals surface area (Å²) in [6.07, 6.45) is 2.88. The second kappa shape index (κ2) is 5.76. The first-order chi connectivity index (χ1) is 8.65. The van der Waals surface area contributed by atoms with Crippen LogP contribution in [0.5, 0.6) is 0 Å². The van der Waals surface area contributed by atoms with E-state index in [1.165, 1.54) is 6.07 Å². The van der Waals surface area contributed by atoms with Gasteiger partial charge in [0.2, 0.25) is 0 Å². The van der Waals surface area contributed by atoms with E-state index in [0.29, 0.717) is 18.6 Å². The zero-order valence-electron chi connectivity index (χ0n) is 10.6. The molecule has 1 fully saturated rings. The fourth-order valence-corrected chi connectivity index (χ4v) is 2.19. The van der Waals surface area contributed by atoms with Gasteiger partial charge in [-0.05, 0) is 36.3 Å². The van der Waals surface area contributed by atoms with Crippen molar-refractivity contribution in [3.8, 4) is 0 Å². The van der Waals surface area contributed by atoms with Gasteiger partial charge in [-0.1, -0.05) is 6.07 Å². The highest BCUT2D eigenvalue weighted by Gasteiger charge is 2.42. The van der Waals surface area contributed by atoms with Crippen molar-refractivity contribution in [1.29, 1.82) is 0 Å². The van der Waals surface area contributed by atoms with Gasteiger partial charge in [0.25, 0.3) is 0 Å². The van der Waals surface area contributed by atoms with Crippen molar-refractivity contribution in [2.45, 2.75) is 19.3 Å². The summed E-state index contributed by atoms with van der Waals surface area (Å²) in [7, 11) is 1.67. The minimum Gasteiger partial charge on any atom is -0.383 e. The SMILES string of the molecule is COCCNCC1(Cc2ccc(F)cc2F)CC1. The number of halogens is 2. The summed E-state index contributed by atoms with van der Waals surface area (Å²) in [6, 6.07) is 3.84. The molecule has 0 saturated heterocycles. The van der Waals surface area contributed by atoms with Crippen molar-refractivity contribution in [2.75, 3.05) is 26.8 Å². The molecule has 0 heterocycles. The van der Waals surface area contributed by atoms with Gasteiger partial charge < -0.3 is 10.1 Å². The maximum Gasteiger partial charge on any atom is 0.129 e. The molecule has 0 atom stereocenters. The Morgan fingerprint density at radius 1 is 1.33 bits per heavy atom. The zero-order valence-corrected chi connectivity index (χ0v) is 10.6. The maximum atomic E-state index is 13.6. The van der Waals surface area contributed by atoms with Crippen LogP contribution in [0.3, 0.4) is 0 Å². The van der Waals surface area contributed by atoms with E-state index >= 15 is 0 Å². The summed E-state index contributed by atoms with van der Waals surface area (Å²) in [5.41, 5.74) is 0.773. The number of hydrogen-bond acceptors (Lipinski definition) is 2. The predicted molar refractivity (Wildman–Crippen MR) is 66.5 cm³/mol. The van der Waals surface area contributed by atoms with Crippen LogP contribution in [0.15, 0.2) is 18.2 Å². The lowest BCUT2D eigenvalue weighted by atomic mass is 9.96. The normalized spacial score (nSPS) is 16.8. The second-order valence-corrected chi connectivity index (χ2v) is 5.08. The molecule has 0 radical (unpaired) electrons. The van der Waals surface area contributed by atoms with Crippen molar-refractivity contribution in [3.05, 3.63) is 35.4 Å². The summed E-state index contributed by atoms with van der Waals surface area (Å²) in [4.78, 5) is 0. The minimum absolute atomic E-state index is 0.159. The largest absolute Gasteiger partial charge is 0.383 e. The van der Waals surface area contributed by atoms with Gasteiger partial charge in [0, 0.05) is 26.3 Å². The summed E-state index contributed by atoms with van der Waals surface area (Å²) in [5.74, 6) is -0.947. The predicted octanol–water partition coefficient (Wildman–Crippen LogP) is 2.52. The third-order valence-corrected chi connectivity index (χ3v) is 3.52. The van der Waals surface area contributed by atoms with Crippen LogP contribution in [0.25, 0.3) is 0 Å². The summed E-state index contributed by atoms with van der Waals surface area (Å²) in [5, 5.41) is 3.32. The van der Waals surface area contributed by atoms with E-state index < -0.39 is 11.6 Å². The molecule has 1 aromatic rings. The van der Waals surface area contributed by atoms with E-state index in [1.54, 1.807) is 13.2 Å². The molecule has 0 aromatic heterocycles. The lowest BCUT2D eigenvalue weighted by Crippen LogP contribution is -2.28. The van der Waals surface area contributed by atoms with Crippen molar-refractivity contribution in [3.63, 3.8) is 0 Å². The van der Waals surface area contributed by atoms with Crippen LogP contribution in [-0.4, -0.2) is 26.8 Å². The molecule has 0 unspecified atom stereocenters. The van der Waals surface area contributed by atoms with Gasteiger partial charge >= 0.3 is 0 Å². The molecule has 18 heavy (non-hydrogen) atoms. The Labute approximate surface area is 106 Å². The van der Waals surface area contributed by atoms with Crippen molar-refractivity contribution >= 4 is 0 Å². The minimum atomic E-state index is -0.515. The Balaban J connectivity index is 1.88. The molecule has 1 saturated carbocycles. The van der Waals surface area contributed by atoms with Crippen LogP contribution < -0.4 is 5.32 Å². The Morgan fingerprint density at radius 2 is 2.11 bits per heavy atom. The molecule has 0 aliphatic heterocycles. The van der Waals surface area contributed by atoms with E-state index in [0.717, 1.165) is 32.0 Å². The van der Waals surface area contributed by atoms with E-state index in [4.69, 9.17) is 4.74 Å². The van der Waals surface area contributed by atoms with Crippen LogP contribution in [0.4, 0.5) is 8.78 Å². The average Bonchev–Trinajstić information content (AvgIpc) is 3.09. The van der Waals surface area contributed by atoms with Gasteiger partial charge in [-0.15, -0.1) is 0 Å². The molecule has 0 spiro atoms. The fraction of sp³-hybridized carbons (Fsp3) is 0.571. The Bertz CT molecular complexity index is 405. The third kappa shape index (κ3) is 3.50. The molecule has 2 rings (SSSR count). The monoisotopic (exact) mass is 255 g/mol. The highest BCUT2D eigenvalue weighted by atomic mass is 19.1. The van der Waals surface area contributed by atoms with Gasteiger partial charge in [-0.3, -0.25) is 0 Å².